The van der Waals surface area contributed by atoms with Crippen LogP contribution in [0.4, 0.5) is 4.79 Å². The third-order valence-corrected chi connectivity index (χ3v) is 2.81. The topological polar surface area (TPSA) is 87.7 Å². The zero-order valence-electron chi connectivity index (χ0n) is 11.1. The number of ether oxygens (including phenoxy) is 1. The van der Waals surface area contributed by atoms with Gasteiger partial charge in [0.25, 0.3) is 0 Å². The van der Waals surface area contributed by atoms with Gasteiger partial charge >= 0.3 is 12.0 Å². The fraction of sp³-hybridized carbons (Fsp3) is 0.818. The van der Waals surface area contributed by atoms with Gasteiger partial charge in [-0.1, -0.05) is 0 Å². The molecule has 3 N–H and O–H groups in total. The van der Waals surface area contributed by atoms with Crippen LogP contribution in [0.5, 0.6) is 0 Å². The van der Waals surface area contributed by atoms with Crippen molar-refractivity contribution in [3.63, 3.8) is 0 Å². The minimum absolute atomic E-state index is 0.153. The van der Waals surface area contributed by atoms with E-state index in [1.54, 1.807) is 18.7 Å². The monoisotopic (exact) mass is 278 g/mol. The van der Waals surface area contributed by atoms with E-state index in [0.717, 1.165) is 0 Å². The van der Waals surface area contributed by atoms with Crippen molar-refractivity contribution in [3.8, 4) is 0 Å². The Morgan fingerprint density at radius 1 is 1.39 bits per heavy atom. The van der Waals surface area contributed by atoms with E-state index in [1.165, 1.54) is 0 Å². The van der Waals surface area contributed by atoms with E-state index in [0.29, 0.717) is 25.4 Å². The molecule has 2 unspecified atom stereocenters. The second-order valence-corrected chi connectivity index (χ2v) is 4.84. The highest BCUT2D eigenvalue weighted by Crippen LogP contribution is 2.01. The van der Waals surface area contributed by atoms with Gasteiger partial charge in [-0.3, -0.25) is 0 Å². The molecule has 0 spiro atoms. The maximum atomic E-state index is 11.5. The fourth-order valence-electron chi connectivity index (χ4n) is 1.25. The van der Waals surface area contributed by atoms with Gasteiger partial charge in [-0.15, -0.1) is 0 Å². The molecule has 2 atom stereocenters. The Balaban J connectivity index is 4.04. The second kappa shape index (κ2) is 10.0. The normalized spacial score (nSPS) is 13.7. The van der Waals surface area contributed by atoms with E-state index in [2.05, 4.69) is 10.6 Å². The minimum Gasteiger partial charge on any atom is -0.480 e. The Kier molecular flexibility index (Phi) is 9.49. The van der Waals surface area contributed by atoms with Crippen LogP contribution in [0.2, 0.25) is 0 Å². The average Bonchev–Trinajstić information content (AvgIpc) is 2.31. The van der Waals surface area contributed by atoms with E-state index >= 15 is 0 Å². The summed E-state index contributed by atoms with van der Waals surface area (Å²) < 4.78 is 5.15. The van der Waals surface area contributed by atoms with Crippen LogP contribution in [0.1, 0.15) is 20.3 Å². The van der Waals surface area contributed by atoms with Crippen LogP contribution < -0.4 is 10.6 Å². The number of hydrogen-bond acceptors (Lipinski definition) is 4. The third kappa shape index (κ3) is 8.19. The van der Waals surface area contributed by atoms with Crippen LogP contribution in [0, 0.1) is 0 Å². The number of urea groups is 1. The molecule has 0 heterocycles. The van der Waals surface area contributed by atoms with Crippen molar-refractivity contribution in [2.24, 2.45) is 0 Å². The van der Waals surface area contributed by atoms with Gasteiger partial charge in [0.2, 0.25) is 0 Å². The Labute approximate surface area is 112 Å². The molecule has 18 heavy (non-hydrogen) atoms. The number of nitrogens with one attached hydrogen (secondary N) is 2. The first-order valence-electron chi connectivity index (χ1n) is 5.87. The molecule has 0 rings (SSSR count). The van der Waals surface area contributed by atoms with Crippen LogP contribution >= 0.6 is 11.8 Å². The van der Waals surface area contributed by atoms with E-state index in [-0.39, 0.29) is 6.04 Å². The van der Waals surface area contributed by atoms with Gasteiger partial charge in [0, 0.05) is 6.61 Å². The summed E-state index contributed by atoms with van der Waals surface area (Å²) in [5, 5.41) is 14.0. The number of carbonyl (C=O) groups is 2. The summed E-state index contributed by atoms with van der Waals surface area (Å²) in [5.74, 6) is -0.331. The lowest BCUT2D eigenvalue weighted by molar-refractivity contribution is -0.139. The number of rotatable bonds is 9. The molecule has 0 aromatic heterocycles. The van der Waals surface area contributed by atoms with Gasteiger partial charge in [0.05, 0.1) is 12.6 Å². The summed E-state index contributed by atoms with van der Waals surface area (Å²) in [6.45, 7) is 4.66. The maximum Gasteiger partial charge on any atom is 0.326 e. The number of hydrogen-bond donors (Lipinski definition) is 3. The van der Waals surface area contributed by atoms with Crippen molar-refractivity contribution in [1.82, 2.24) is 10.6 Å². The van der Waals surface area contributed by atoms with E-state index in [9.17, 15) is 9.59 Å². The fourth-order valence-corrected chi connectivity index (χ4v) is 1.72. The lowest BCUT2D eigenvalue weighted by atomic mass is 10.2. The molecule has 0 bridgehead atoms. The van der Waals surface area contributed by atoms with E-state index < -0.39 is 18.0 Å². The number of carbonyl (C=O) groups excluding carboxylic acids is 1. The summed E-state index contributed by atoms with van der Waals surface area (Å²) in [5.41, 5.74) is 0. The van der Waals surface area contributed by atoms with Gasteiger partial charge in [-0.25, -0.2) is 9.59 Å². The maximum absolute atomic E-state index is 11.5. The van der Waals surface area contributed by atoms with Crippen molar-refractivity contribution in [2.45, 2.75) is 32.4 Å². The lowest BCUT2D eigenvalue weighted by Gasteiger charge is -2.18. The number of aliphatic carboxylic acids is 1. The SMILES string of the molecule is CCOCC(C)NC(=O)NC(CCSC)C(=O)O. The Bertz CT molecular complexity index is 263. The first-order valence-corrected chi connectivity index (χ1v) is 7.27. The van der Waals surface area contributed by atoms with Gasteiger partial charge in [0.1, 0.15) is 6.04 Å². The summed E-state index contributed by atoms with van der Waals surface area (Å²) >= 11 is 1.54. The average molecular weight is 278 g/mol. The first kappa shape index (κ1) is 17.1. The molecule has 0 aliphatic heterocycles. The van der Waals surface area contributed by atoms with Gasteiger partial charge in [-0.2, -0.15) is 11.8 Å². The first-order chi connectivity index (χ1) is 8.51. The number of thioether (sulfide) groups is 1. The Hall–Kier alpha value is -0.950. The molecular weight excluding hydrogens is 256 g/mol. The molecule has 0 aromatic carbocycles. The minimum atomic E-state index is -1.02. The largest absolute Gasteiger partial charge is 0.480 e. The summed E-state index contributed by atoms with van der Waals surface area (Å²) in [6.07, 6.45) is 2.30. The molecule has 106 valence electrons. The van der Waals surface area contributed by atoms with Crippen molar-refractivity contribution < 1.29 is 19.4 Å². The molecule has 0 aromatic rings. The molecule has 0 aliphatic rings. The highest BCUT2D eigenvalue weighted by Gasteiger charge is 2.19. The molecule has 0 radical (unpaired) electrons. The van der Waals surface area contributed by atoms with Gasteiger partial charge in [-0.05, 0) is 32.3 Å². The number of amides is 2. The molecule has 0 fully saturated rings. The highest BCUT2D eigenvalue weighted by molar-refractivity contribution is 7.98. The third-order valence-electron chi connectivity index (χ3n) is 2.16. The molecule has 0 saturated heterocycles. The molecule has 7 heteroatoms. The molecular formula is C11H22N2O4S. The van der Waals surface area contributed by atoms with Gasteiger partial charge in [0.15, 0.2) is 0 Å². The van der Waals surface area contributed by atoms with Crippen LogP contribution in [-0.2, 0) is 9.53 Å². The zero-order valence-corrected chi connectivity index (χ0v) is 11.9. The Morgan fingerprint density at radius 2 is 2.06 bits per heavy atom. The highest BCUT2D eigenvalue weighted by atomic mass is 32.2. The second-order valence-electron chi connectivity index (χ2n) is 3.85. The van der Waals surface area contributed by atoms with Gasteiger partial charge < -0.3 is 20.5 Å². The lowest BCUT2D eigenvalue weighted by Crippen LogP contribution is -2.49. The molecule has 0 saturated carbocycles. The standard InChI is InChI=1S/C11H22N2O4S/c1-4-17-7-8(2)12-11(16)13-9(10(14)15)5-6-18-3/h8-9H,4-7H2,1-3H3,(H,14,15)(H2,12,13,16). The molecule has 0 aliphatic carbocycles. The van der Waals surface area contributed by atoms with Crippen LogP contribution in [0.15, 0.2) is 0 Å². The quantitative estimate of drug-likeness (QED) is 0.583. The summed E-state index contributed by atoms with van der Waals surface area (Å²) in [6, 6.07) is -1.48. The van der Waals surface area contributed by atoms with Crippen LogP contribution in [0.25, 0.3) is 0 Å². The smallest absolute Gasteiger partial charge is 0.326 e. The number of carboxylic acids is 1. The summed E-state index contributed by atoms with van der Waals surface area (Å²) in [4.78, 5) is 22.5. The van der Waals surface area contributed by atoms with Crippen LogP contribution in [-0.4, -0.2) is 54.4 Å². The van der Waals surface area contributed by atoms with E-state index in [1.807, 2.05) is 13.2 Å². The number of carboxylic acid groups (broad SMARTS) is 1. The van der Waals surface area contributed by atoms with Crippen molar-refractivity contribution >= 4 is 23.8 Å². The Morgan fingerprint density at radius 3 is 2.56 bits per heavy atom. The van der Waals surface area contributed by atoms with E-state index in [4.69, 9.17) is 9.84 Å². The molecule has 2 amide bonds. The van der Waals surface area contributed by atoms with Crippen LogP contribution in [0.3, 0.4) is 0 Å². The zero-order chi connectivity index (χ0) is 14.0. The van der Waals surface area contributed by atoms with Crippen molar-refractivity contribution in [1.29, 1.82) is 0 Å². The summed E-state index contributed by atoms with van der Waals surface area (Å²) in [7, 11) is 0. The van der Waals surface area contributed by atoms with Crippen molar-refractivity contribution in [2.75, 3.05) is 25.2 Å². The predicted octanol–water partition coefficient (Wildman–Crippen LogP) is 0.917. The van der Waals surface area contributed by atoms with Crippen molar-refractivity contribution in [3.05, 3.63) is 0 Å². The predicted molar refractivity (Wildman–Crippen MR) is 72.0 cm³/mol. The molecule has 6 nitrogen and oxygen atoms in total.